The van der Waals surface area contributed by atoms with E-state index in [-0.39, 0.29) is 5.75 Å². The van der Waals surface area contributed by atoms with Crippen LogP contribution < -0.4 is 5.73 Å². The van der Waals surface area contributed by atoms with Crippen LogP contribution in [0.2, 0.25) is 0 Å². The minimum Gasteiger partial charge on any atom is -0.326 e. The molecule has 1 aliphatic rings. The molecule has 1 aliphatic heterocycles. The number of fused-ring (bicyclic) bond motifs is 1. The van der Waals surface area contributed by atoms with E-state index in [9.17, 15) is 8.42 Å². The van der Waals surface area contributed by atoms with E-state index >= 15 is 0 Å². The lowest BCUT2D eigenvalue weighted by atomic mass is 10.2. The predicted molar refractivity (Wildman–Crippen MR) is 68.8 cm³/mol. The van der Waals surface area contributed by atoms with E-state index in [2.05, 4.69) is 4.98 Å². The molecular weight excluding hydrogens is 250 g/mol. The summed E-state index contributed by atoms with van der Waals surface area (Å²) in [5.41, 5.74) is 8.00. The van der Waals surface area contributed by atoms with Crippen molar-refractivity contribution >= 4 is 15.5 Å². The molecule has 0 radical (unpaired) electrons. The monoisotopic (exact) mass is 265 g/mol. The van der Waals surface area contributed by atoms with Gasteiger partial charge in [0.05, 0.1) is 11.4 Å². The highest BCUT2D eigenvalue weighted by Gasteiger charge is 2.34. The Morgan fingerprint density at radius 2 is 2.33 bits per heavy atom. The third kappa shape index (κ3) is 1.72. The molecule has 0 saturated carbocycles. The molecule has 2 aromatic rings. The van der Waals surface area contributed by atoms with Gasteiger partial charge in [0.1, 0.15) is 10.9 Å². The summed E-state index contributed by atoms with van der Waals surface area (Å²) in [5.74, 6) is 0.273. The number of nitrogens with zero attached hydrogens (tertiary/aromatic N) is 2. The first-order chi connectivity index (χ1) is 8.62. The van der Waals surface area contributed by atoms with Crippen LogP contribution in [-0.2, 0) is 16.4 Å². The average Bonchev–Trinajstić information content (AvgIpc) is 2.90. The zero-order valence-electron chi connectivity index (χ0n) is 9.91. The van der Waals surface area contributed by atoms with Crippen LogP contribution in [0.3, 0.4) is 0 Å². The molecule has 2 aromatic heterocycles. The molecule has 1 fully saturated rings. The van der Waals surface area contributed by atoms with Gasteiger partial charge in [-0.3, -0.25) is 0 Å². The van der Waals surface area contributed by atoms with Gasteiger partial charge in [-0.05, 0) is 18.9 Å². The molecule has 1 unspecified atom stereocenters. The molecule has 0 aromatic carbocycles. The summed E-state index contributed by atoms with van der Waals surface area (Å²) in [5, 5.41) is -0.442. The SMILES string of the molecule is NCc1cccn2cc(C3CCCS3(=O)=O)nc12. The fraction of sp³-hybridized carbons (Fsp3) is 0.417. The lowest BCUT2D eigenvalue weighted by Gasteiger charge is -2.03. The number of imidazole rings is 1. The van der Waals surface area contributed by atoms with Crippen molar-refractivity contribution in [2.75, 3.05) is 5.75 Å². The third-order valence-electron chi connectivity index (χ3n) is 3.46. The van der Waals surface area contributed by atoms with Crippen LogP contribution in [0.1, 0.15) is 29.3 Å². The summed E-state index contributed by atoms with van der Waals surface area (Å²) in [6.45, 7) is 0.401. The molecule has 0 bridgehead atoms. The van der Waals surface area contributed by atoms with Crippen LogP contribution in [0.25, 0.3) is 5.65 Å². The number of hydrogen-bond donors (Lipinski definition) is 1. The number of hydrogen-bond acceptors (Lipinski definition) is 4. The maximum atomic E-state index is 11.9. The van der Waals surface area contributed by atoms with Gasteiger partial charge in [0.15, 0.2) is 9.84 Å². The van der Waals surface area contributed by atoms with Gasteiger partial charge in [-0.25, -0.2) is 13.4 Å². The molecule has 2 N–H and O–H groups in total. The summed E-state index contributed by atoms with van der Waals surface area (Å²) >= 11 is 0. The Morgan fingerprint density at radius 3 is 3.00 bits per heavy atom. The van der Waals surface area contributed by atoms with Crippen LogP contribution >= 0.6 is 0 Å². The van der Waals surface area contributed by atoms with E-state index in [1.54, 1.807) is 0 Å². The van der Waals surface area contributed by atoms with Crippen LogP contribution in [0.4, 0.5) is 0 Å². The van der Waals surface area contributed by atoms with Gasteiger partial charge >= 0.3 is 0 Å². The van der Waals surface area contributed by atoms with E-state index < -0.39 is 15.1 Å². The van der Waals surface area contributed by atoms with Gasteiger partial charge in [0.2, 0.25) is 0 Å². The highest BCUT2D eigenvalue weighted by atomic mass is 32.2. The lowest BCUT2D eigenvalue weighted by Crippen LogP contribution is -2.08. The summed E-state index contributed by atoms with van der Waals surface area (Å²) < 4.78 is 25.7. The molecule has 1 atom stereocenters. The minimum absolute atomic E-state index is 0.273. The summed E-state index contributed by atoms with van der Waals surface area (Å²) in [6, 6.07) is 3.80. The van der Waals surface area contributed by atoms with Gasteiger partial charge in [0.25, 0.3) is 0 Å². The zero-order valence-corrected chi connectivity index (χ0v) is 10.7. The Hall–Kier alpha value is -1.40. The van der Waals surface area contributed by atoms with Gasteiger partial charge in [0, 0.05) is 24.5 Å². The second-order valence-corrected chi connectivity index (χ2v) is 6.94. The average molecular weight is 265 g/mol. The normalized spacial score (nSPS) is 22.6. The van der Waals surface area contributed by atoms with E-state index in [0.29, 0.717) is 18.7 Å². The Labute approximate surface area is 106 Å². The fourth-order valence-corrected chi connectivity index (χ4v) is 4.39. The van der Waals surface area contributed by atoms with Gasteiger partial charge < -0.3 is 10.1 Å². The minimum atomic E-state index is -3.01. The van der Waals surface area contributed by atoms with Crippen LogP contribution in [0, 0.1) is 0 Å². The number of aromatic nitrogens is 2. The molecule has 96 valence electrons. The standard InChI is InChI=1S/C12H15N3O2S/c13-7-9-3-1-5-15-8-10(14-12(9)15)11-4-2-6-18(11,16)17/h1,3,5,8,11H,2,4,6-7,13H2. The van der Waals surface area contributed by atoms with Crippen molar-refractivity contribution in [2.45, 2.75) is 24.6 Å². The molecule has 5 nitrogen and oxygen atoms in total. The Kier molecular flexibility index (Phi) is 2.64. The van der Waals surface area contributed by atoms with Crippen molar-refractivity contribution in [3.63, 3.8) is 0 Å². The predicted octanol–water partition coefficient (Wildman–Crippen LogP) is 1.04. The Morgan fingerprint density at radius 1 is 1.50 bits per heavy atom. The molecule has 0 spiro atoms. The number of rotatable bonds is 2. The van der Waals surface area contributed by atoms with Crippen molar-refractivity contribution in [1.82, 2.24) is 9.38 Å². The van der Waals surface area contributed by atoms with Crippen LogP contribution in [0.15, 0.2) is 24.5 Å². The van der Waals surface area contributed by atoms with Crippen molar-refractivity contribution in [2.24, 2.45) is 5.73 Å². The first-order valence-electron chi connectivity index (χ1n) is 6.00. The molecule has 3 heterocycles. The maximum absolute atomic E-state index is 11.9. The highest BCUT2D eigenvalue weighted by molar-refractivity contribution is 7.91. The second kappa shape index (κ2) is 4.07. The molecular formula is C12H15N3O2S. The van der Waals surface area contributed by atoms with E-state index in [1.165, 1.54) is 0 Å². The number of nitrogens with two attached hydrogens (primary N) is 1. The second-order valence-electron chi connectivity index (χ2n) is 4.63. The van der Waals surface area contributed by atoms with Crippen molar-refractivity contribution in [3.8, 4) is 0 Å². The van der Waals surface area contributed by atoms with Gasteiger partial charge in [-0.15, -0.1) is 0 Å². The summed E-state index contributed by atoms with van der Waals surface area (Å²) in [7, 11) is -3.01. The fourth-order valence-electron chi connectivity index (χ4n) is 2.53. The topological polar surface area (TPSA) is 77.5 Å². The first-order valence-corrected chi connectivity index (χ1v) is 7.71. The smallest absolute Gasteiger partial charge is 0.158 e. The number of pyridine rings is 1. The largest absolute Gasteiger partial charge is 0.326 e. The first kappa shape index (κ1) is 11.7. The molecule has 0 amide bonds. The maximum Gasteiger partial charge on any atom is 0.158 e. The quantitative estimate of drug-likeness (QED) is 0.880. The molecule has 6 heteroatoms. The molecule has 0 aliphatic carbocycles. The van der Waals surface area contributed by atoms with E-state index in [4.69, 9.17) is 5.73 Å². The zero-order chi connectivity index (χ0) is 12.8. The Bertz CT molecular complexity index is 690. The third-order valence-corrected chi connectivity index (χ3v) is 5.66. The van der Waals surface area contributed by atoms with Crippen molar-refractivity contribution < 1.29 is 8.42 Å². The Balaban J connectivity index is 2.14. The van der Waals surface area contributed by atoms with E-state index in [0.717, 1.165) is 17.6 Å². The summed E-state index contributed by atoms with van der Waals surface area (Å²) in [6.07, 6.45) is 5.07. The van der Waals surface area contributed by atoms with Crippen molar-refractivity contribution in [1.29, 1.82) is 0 Å². The van der Waals surface area contributed by atoms with Gasteiger partial charge in [-0.1, -0.05) is 6.07 Å². The number of sulfone groups is 1. The molecule has 3 rings (SSSR count). The molecule has 18 heavy (non-hydrogen) atoms. The highest BCUT2D eigenvalue weighted by Crippen LogP contribution is 2.34. The van der Waals surface area contributed by atoms with Crippen LogP contribution in [0.5, 0.6) is 0 Å². The van der Waals surface area contributed by atoms with Crippen molar-refractivity contribution in [3.05, 3.63) is 35.8 Å². The lowest BCUT2D eigenvalue weighted by molar-refractivity contribution is 0.591. The van der Waals surface area contributed by atoms with Gasteiger partial charge in [-0.2, -0.15) is 0 Å². The molecule has 1 saturated heterocycles. The van der Waals surface area contributed by atoms with Crippen LogP contribution in [-0.4, -0.2) is 23.6 Å². The van der Waals surface area contributed by atoms with E-state index in [1.807, 2.05) is 28.9 Å². The summed E-state index contributed by atoms with van der Waals surface area (Å²) in [4.78, 5) is 4.46.